The zero-order chi connectivity index (χ0) is 24.7. The Morgan fingerprint density at radius 3 is 2.09 bits per heavy atom. The van der Waals surface area contributed by atoms with Crippen LogP contribution in [0.15, 0.2) is 68.8 Å². The van der Waals surface area contributed by atoms with Crippen LogP contribution in [0.25, 0.3) is 0 Å². The number of nitrogens with one attached hydrogen (secondary N) is 1. The first kappa shape index (κ1) is 31.4. The molecular formula is C26H37N4NaO3S. The SMILES string of the molecule is CCCCCCCCCCCCc1ccc(NN=C(C)N=Nc2ccccc2)cc1S(=O)(=O)[O-].[Na+]. The van der Waals surface area contributed by atoms with Gasteiger partial charge in [-0.1, -0.05) is 89.0 Å². The molecule has 9 heteroatoms. The molecule has 0 aliphatic heterocycles. The van der Waals surface area contributed by atoms with Crippen molar-refractivity contribution in [3.05, 3.63) is 54.1 Å². The topological polar surface area (TPSA) is 106 Å². The molecule has 2 aromatic rings. The number of amidine groups is 1. The molecule has 7 nitrogen and oxygen atoms in total. The van der Waals surface area contributed by atoms with E-state index in [1.165, 1.54) is 51.0 Å². The number of anilines is 1. The predicted octanol–water partition coefficient (Wildman–Crippen LogP) is 4.59. The average Bonchev–Trinajstić information content (AvgIpc) is 2.83. The predicted molar refractivity (Wildman–Crippen MR) is 138 cm³/mol. The summed E-state index contributed by atoms with van der Waals surface area (Å²) in [4.78, 5) is -0.188. The second-order valence-electron chi connectivity index (χ2n) is 8.51. The van der Waals surface area contributed by atoms with Crippen LogP contribution in [-0.2, 0) is 16.5 Å². The molecular weight excluding hydrogens is 471 g/mol. The molecule has 0 unspecified atom stereocenters. The largest absolute Gasteiger partial charge is 1.00 e. The van der Waals surface area contributed by atoms with Crippen molar-refractivity contribution < 1.29 is 42.5 Å². The van der Waals surface area contributed by atoms with Crippen LogP contribution in [0.5, 0.6) is 0 Å². The maximum Gasteiger partial charge on any atom is 1.00 e. The molecule has 0 heterocycles. The number of hydrogen-bond acceptors (Lipinski definition) is 6. The Bertz CT molecular complexity index is 1030. The van der Waals surface area contributed by atoms with Gasteiger partial charge >= 0.3 is 29.6 Å². The first-order valence-corrected chi connectivity index (χ1v) is 13.7. The molecule has 2 aromatic carbocycles. The van der Waals surface area contributed by atoms with E-state index in [9.17, 15) is 13.0 Å². The molecule has 0 spiro atoms. The third-order valence-corrected chi connectivity index (χ3v) is 6.47. The molecule has 0 radical (unpaired) electrons. The van der Waals surface area contributed by atoms with Crippen LogP contribution in [-0.4, -0.2) is 18.8 Å². The minimum Gasteiger partial charge on any atom is -0.744 e. The third kappa shape index (κ3) is 13.3. The van der Waals surface area contributed by atoms with Gasteiger partial charge in [0.1, 0.15) is 10.1 Å². The Morgan fingerprint density at radius 2 is 1.49 bits per heavy atom. The fourth-order valence-electron chi connectivity index (χ4n) is 3.66. The van der Waals surface area contributed by atoms with E-state index >= 15 is 0 Å². The molecule has 2 rings (SSSR count). The van der Waals surface area contributed by atoms with E-state index in [2.05, 4.69) is 27.7 Å². The Kier molecular flexibility index (Phi) is 16.0. The van der Waals surface area contributed by atoms with E-state index in [-0.39, 0.29) is 34.5 Å². The molecule has 0 fully saturated rings. The van der Waals surface area contributed by atoms with Gasteiger partial charge in [-0.2, -0.15) is 5.10 Å². The van der Waals surface area contributed by atoms with Gasteiger partial charge in [0.25, 0.3) is 0 Å². The number of benzene rings is 2. The van der Waals surface area contributed by atoms with Crippen molar-refractivity contribution in [2.45, 2.75) is 89.4 Å². The molecule has 0 aliphatic carbocycles. The van der Waals surface area contributed by atoms with Crippen molar-refractivity contribution in [3.8, 4) is 0 Å². The van der Waals surface area contributed by atoms with Crippen LogP contribution in [0, 0.1) is 0 Å². The Morgan fingerprint density at radius 1 is 0.886 bits per heavy atom. The molecule has 35 heavy (non-hydrogen) atoms. The van der Waals surface area contributed by atoms with Gasteiger partial charge in [-0.25, -0.2) is 8.42 Å². The molecule has 186 valence electrons. The fourth-order valence-corrected chi connectivity index (χ4v) is 4.42. The van der Waals surface area contributed by atoms with Crippen LogP contribution < -0.4 is 35.0 Å². The average molecular weight is 509 g/mol. The van der Waals surface area contributed by atoms with Gasteiger partial charge in [0.15, 0.2) is 5.84 Å². The zero-order valence-corrected chi connectivity index (χ0v) is 24.2. The van der Waals surface area contributed by atoms with Crippen molar-refractivity contribution in [1.29, 1.82) is 0 Å². The second-order valence-corrected chi connectivity index (χ2v) is 9.86. The van der Waals surface area contributed by atoms with Crippen LogP contribution in [0.1, 0.15) is 83.6 Å². The van der Waals surface area contributed by atoms with E-state index in [0.29, 0.717) is 29.2 Å². The zero-order valence-electron chi connectivity index (χ0n) is 21.4. The Labute approximate surface area is 233 Å². The monoisotopic (exact) mass is 508 g/mol. The molecule has 0 saturated heterocycles. The third-order valence-electron chi connectivity index (χ3n) is 5.55. The summed E-state index contributed by atoms with van der Waals surface area (Å²) >= 11 is 0. The number of nitrogens with zero attached hydrogens (tertiary/aromatic N) is 3. The fraction of sp³-hybridized carbons (Fsp3) is 0.500. The van der Waals surface area contributed by atoms with E-state index < -0.39 is 10.1 Å². The summed E-state index contributed by atoms with van der Waals surface area (Å²) in [7, 11) is -4.58. The molecule has 0 saturated carbocycles. The normalized spacial score (nSPS) is 12.0. The number of rotatable bonds is 15. The summed E-state index contributed by atoms with van der Waals surface area (Å²) in [6, 6.07) is 14.0. The minimum absolute atomic E-state index is 0. The van der Waals surface area contributed by atoms with Gasteiger partial charge in [-0.3, -0.25) is 5.43 Å². The molecule has 1 N–H and O–H groups in total. The summed E-state index contributed by atoms with van der Waals surface area (Å²) in [5, 5.41) is 12.2. The van der Waals surface area contributed by atoms with Crippen molar-refractivity contribution in [3.63, 3.8) is 0 Å². The van der Waals surface area contributed by atoms with Crippen molar-refractivity contribution >= 4 is 27.3 Å². The van der Waals surface area contributed by atoms with Crippen molar-refractivity contribution in [1.82, 2.24) is 0 Å². The van der Waals surface area contributed by atoms with Gasteiger partial charge in [0.2, 0.25) is 0 Å². The van der Waals surface area contributed by atoms with Crippen LogP contribution >= 0.6 is 0 Å². The summed E-state index contributed by atoms with van der Waals surface area (Å²) in [6.45, 7) is 3.90. The van der Waals surface area contributed by atoms with E-state index in [4.69, 9.17) is 0 Å². The minimum atomic E-state index is -4.58. The standard InChI is InChI=1S/C26H38N4O3S.Na/c1-3-4-5-6-7-8-9-10-11-13-16-23-19-20-25(21-26(23)34(31,32)33)30-28-22(2)27-29-24-17-14-12-15-18-24;/h12,14-15,17-21,30H,3-11,13,16H2,1-2H3,(H,31,32,33);/q;+1/p-1. The van der Waals surface area contributed by atoms with Gasteiger partial charge in [-0.05, 0) is 49.6 Å². The summed E-state index contributed by atoms with van der Waals surface area (Å²) in [5.41, 5.74) is 4.43. The summed E-state index contributed by atoms with van der Waals surface area (Å²) < 4.78 is 35.5. The molecule has 0 amide bonds. The van der Waals surface area contributed by atoms with Gasteiger partial charge in [-0.15, -0.1) is 10.2 Å². The van der Waals surface area contributed by atoms with E-state index in [0.717, 1.165) is 19.3 Å². The molecule has 0 bridgehead atoms. The molecule has 0 aliphatic rings. The number of aryl methyl sites for hydroxylation is 1. The van der Waals surface area contributed by atoms with Crippen LogP contribution in [0.3, 0.4) is 0 Å². The second kappa shape index (κ2) is 17.8. The number of unbranched alkanes of at least 4 members (excludes halogenated alkanes) is 9. The summed E-state index contributed by atoms with van der Waals surface area (Å²) in [6.07, 6.45) is 12.6. The maximum atomic E-state index is 11.8. The van der Waals surface area contributed by atoms with Gasteiger partial charge in [0, 0.05) is 0 Å². The first-order valence-electron chi connectivity index (χ1n) is 12.3. The maximum absolute atomic E-state index is 11.8. The number of hydrazone groups is 1. The molecule has 0 aromatic heterocycles. The summed E-state index contributed by atoms with van der Waals surface area (Å²) in [5.74, 6) is 0.366. The van der Waals surface area contributed by atoms with Crippen LogP contribution in [0.4, 0.5) is 11.4 Å². The van der Waals surface area contributed by atoms with Crippen LogP contribution in [0.2, 0.25) is 0 Å². The van der Waals surface area contributed by atoms with E-state index in [1.807, 2.05) is 30.3 Å². The van der Waals surface area contributed by atoms with E-state index in [1.54, 1.807) is 19.1 Å². The number of azo groups is 1. The quantitative estimate of drug-likeness (QED) is 0.0722. The van der Waals surface area contributed by atoms with Gasteiger partial charge < -0.3 is 4.55 Å². The number of hydrogen-bond donors (Lipinski definition) is 1. The van der Waals surface area contributed by atoms with Crippen molar-refractivity contribution in [2.75, 3.05) is 5.43 Å². The van der Waals surface area contributed by atoms with Crippen molar-refractivity contribution in [2.24, 2.45) is 15.3 Å². The molecule has 0 atom stereocenters. The van der Waals surface area contributed by atoms with Gasteiger partial charge in [0.05, 0.1) is 16.3 Å². The first-order chi connectivity index (χ1) is 16.4. The Balaban J connectivity index is 0.00000612. The smallest absolute Gasteiger partial charge is 0.744 e. The Hall–Kier alpha value is -1.58.